The number of carbonyl (C=O) groups is 3. The van der Waals surface area contributed by atoms with Gasteiger partial charge in [0, 0.05) is 30.5 Å². The van der Waals surface area contributed by atoms with Crippen LogP contribution < -0.4 is 15.4 Å². The van der Waals surface area contributed by atoms with Crippen LogP contribution in [0.4, 0.5) is 0 Å². The summed E-state index contributed by atoms with van der Waals surface area (Å²) < 4.78 is 6.23. The summed E-state index contributed by atoms with van der Waals surface area (Å²) in [4.78, 5) is 37.8. The number of rotatable bonds is 3. The molecular weight excluding hydrogens is 346 g/mol. The number of piperidine rings is 2. The van der Waals surface area contributed by atoms with Crippen LogP contribution in [-0.2, 0) is 16.1 Å². The second kappa shape index (κ2) is 6.64. The molecule has 2 unspecified atom stereocenters. The van der Waals surface area contributed by atoms with Crippen LogP contribution in [0.15, 0.2) is 18.2 Å². The molecular formula is C20H25N3O4. The van der Waals surface area contributed by atoms with E-state index in [9.17, 15) is 14.4 Å². The highest BCUT2D eigenvalue weighted by atomic mass is 16.5. The second-order valence-corrected chi connectivity index (χ2v) is 8.27. The van der Waals surface area contributed by atoms with Gasteiger partial charge in [0.05, 0.1) is 0 Å². The Labute approximate surface area is 158 Å². The summed E-state index contributed by atoms with van der Waals surface area (Å²) in [6.45, 7) is 6.57. The standard InChI is InChI=1S/C20H25N3O4/c1-20(2)7-8-21-10-16(20)27-13-3-4-14-12(9-13)11-23(19(14)26)15-5-6-17(24)22-18(15)25/h3-4,9,15-16,21H,5-8,10-11H2,1-2H3,(H,22,24,25). The zero-order valence-corrected chi connectivity index (χ0v) is 15.7. The van der Waals surface area contributed by atoms with Crippen molar-refractivity contribution in [2.75, 3.05) is 13.1 Å². The number of hydrogen-bond donors (Lipinski definition) is 2. The van der Waals surface area contributed by atoms with Gasteiger partial charge >= 0.3 is 0 Å². The van der Waals surface area contributed by atoms with Crippen molar-refractivity contribution in [3.05, 3.63) is 29.3 Å². The average Bonchev–Trinajstić information content (AvgIpc) is 2.93. The normalized spacial score (nSPS) is 27.3. The Morgan fingerprint density at radius 2 is 2.04 bits per heavy atom. The Kier molecular flexibility index (Phi) is 4.42. The second-order valence-electron chi connectivity index (χ2n) is 8.27. The minimum atomic E-state index is -0.589. The molecule has 1 aromatic carbocycles. The van der Waals surface area contributed by atoms with E-state index in [2.05, 4.69) is 24.5 Å². The van der Waals surface area contributed by atoms with Crippen LogP contribution in [0.5, 0.6) is 5.75 Å². The maximum Gasteiger partial charge on any atom is 0.255 e. The predicted octanol–water partition coefficient (Wildman–Crippen LogP) is 1.21. The molecule has 2 fully saturated rings. The first kappa shape index (κ1) is 18.0. The minimum Gasteiger partial charge on any atom is -0.489 e. The molecule has 0 aliphatic carbocycles. The highest BCUT2D eigenvalue weighted by molar-refractivity contribution is 6.05. The van der Waals surface area contributed by atoms with Crippen LogP contribution in [0.1, 0.15) is 49.0 Å². The van der Waals surface area contributed by atoms with Crippen LogP contribution in [-0.4, -0.2) is 47.9 Å². The van der Waals surface area contributed by atoms with E-state index in [-0.39, 0.29) is 35.7 Å². The van der Waals surface area contributed by atoms with Gasteiger partial charge in [0.2, 0.25) is 11.8 Å². The van der Waals surface area contributed by atoms with Crippen molar-refractivity contribution in [3.8, 4) is 5.75 Å². The molecule has 144 valence electrons. The van der Waals surface area contributed by atoms with Crippen molar-refractivity contribution in [1.29, 1.82) is 0 Å². The largest absolute Gasteiger partial charge is 0.489 e. The lowest BCUT2D eigenvalue weighted by molar-refractivity contribution is -0.136. The molecule has 0 aromatic heterocycles. The molecule has 3 amide bonds. The van der Waals surface area contributed by atoms with Gasteiger partial charge in [-0.1, -0.05) is 13.8 Å². The number of imide groups is 1. The molecule has 3 aliphatic rings. The maximum atomic E-state index is 12.7. The lowest BCUT2D eigenvalue weighted by Gasteiger charge is -2.38. The number of benzene rings is 1. The molecule has 1 aromatic rings. The monoisotopic (exact) mass is 371 g/mol. The fourth-order valence-corrected chi connectivity index (χ4v) is 4.07. The van der Waals surface area contributed by atoms with Crippen LogP contribution in [0.2, 0.25) is 0 Å². The molecule has 27 heavy (non-hydrogen) atoms. The molecule has 0 bridgehead atoms. The van der Waals surface area contributed by atoms with Crippen LogP contribution in [0.25, 0.3) is 0 Å². The number of ether oxygens (including phenoxy) is 1. The predicted molar refractivity (Wildman–Crippen MR) is 98.2 cm³/mol. The summed E-state index contributed by atoms with van der Waals surface area (Å²) in [6, 6.07) is 4.93. The topological polar surface area (TPSA) is 87.7 Å². The molecule has 3 heterocycles. The van der Waals surface area contributed by atoms with Gasteiger partial charge in [0.15, 0.2) is 0 Å². The van der Waals surface area contributed by atoms with Crippen LogP contribution in [0.3, 0.4) is 0 Å². The molecule has 0 radical (unpaired) electrons. The number of fused-ring (bicyclic) bond motifs is 1. The quantitative estimate of drug-likeness (QED) is 0.780. The van der Waals surface area contributed by atoms with Crippen molar-refractivity contribution in [2.45, 2.75) is 51.8 Å². The number of carbonyl (C=O) groups excluding carboxylic acids is 3. The van der Waals surface area contributed by atoms with E-state index in [1.807, 2.05) is 12.1 Å². The van der Waals surface area contributed by atoms with E-state index in [4.69, 9.17) is 4.74 Å². The number of nitrogens with one attached hydrogen (secondary N) is 2. The third-order valence-corrected chi connectivity index (χ3v) is 5.92. The summed E-state index contributed by atoms with van der Waals surface area (Å²) >= 11 is 0. The van der Waals surface area contributed by atoms with Gasteiger partial charge in [-0.15, -0.1) is 0 Å². The highest BCUT2D eigenvalue weighted by Crippen LogP contribution is 2.34. The molecule has 7 heteroatoms. The van der Waals surface area contributed by atoms with E-state index in [0.717, 1.165) is 30.8 Å². The van der Waals surface area contributed by atoms with Crippen molar-refractivity contribution in [3.63, 3.8) is 0 Å². The summed E-state index contributed by atoms with van der Waals surface area (Å²) in [7, 11) is 0. The Bertz CT molecular complexity index is 804. The fraction of sp³-hybridized carbons (Fsp3) is 0.550. The third kappa shape index (κ3) is 3.32. The van der Waals surface area contributed by atoms with Crippen LogP contribution >= 0.6 is 0 Å². The van der Waals surface area contributed by atoms with Gasteiger partial charge in [0.1, 0.15) is 17.9 Å². The first-order valence-corrected chi connectivity index (χ1v) is 9.50. The summed E-state index contributed by atoms with van der Waals surface area (Å²) in [5.41, 5.74) is 1.55. The molecule has 2 N–H and O–H groups in total. The number of nitrogens with zero attached hydrogens (tertiary/aromatic N) is 1. The zero-order chi connectivity index (χ0) is 19.2. The van der Waals surface area contributed by atoms with Crippen molar-refractivity contribution >= 4 is 17.7 Å². The molecule has 3 aliphatic heterocycles. The first-order chi connectivity index (χ1) is 12.8. The summed E-state index contributed by atoms with van der Waals surface area (Å²) in [5.74, 6) is -0.0853. The van der Waals surface area contributed by atoms with Crippen molar-refractivity contribution < 1.29 is 19.1 Å². The summed E-state index contributed by atoms with van der Waals surface area (Å²) in [5, 5.41) is 5.69. The number of hydrogen-bond acceptors (Lipinski definition) is 5. The summed E-state index contributed by atoms with van der Waals surface area (Å²) in [6.07, 6.45) is 1.74. The molecule has 0 saturated carbocycles. The molecule has 2 saturated heterocycles. The Morgan fingerprint density at radius 3 is 2.78 bits per heavy atom. The Morgan fingerprint density at radius 1 is 1.22 bits per heavy atom. The fourth-order valence-electron chi connectivity index (χ4n) is 4.07. The maximum absolute atomic E-state index is 12.7. The lowest BCUT2D eigenvalue weighted by atomic mass is 9.80. The van der Waals surface area contributed by atoms with E-state index in [1.54, 1.807) is 11.0 Å². The Balaban J connectivity index is 1.51. The average molecular weight is 371 g/mol. The Hall–Kier alpha value is -2.41. The van der Waals surface area contributed by atoms with E-state index in [1.165, 1.54) is 0 Å². The highest BCUT2D eigenvalue weighted by Gasteiger charge is 2.39. The SMILES string of the molecule is CC1(C)CCNCC1Oc1ccc2c(c1)CN(C1CCC(=O)NC1=O)C2=O. The van der Waals surface area contributed by atoms with Gasteiger partial charge in [-0.05, 0) is 43.1 Å². The van der Waals surface area contributed by atoms with Crippen molar-refractivity contribution in [2.24, 2.45) is 5.41 Å². The van der Waals surface area contributed by atoms with Gasteiger partial charge in [-0.2, -0.15) is 0 Å². The van der Waals surface area contributed by atoms with Gasteiger partial charge in [-0.3, -0.25) is 19.7 Å². The molecule has 2 atom stereocenters. The van der Waals surface area contributed by atoms with Gasteiger partial charge in [-0.25, -0.2) is 0 Å². The molecule has 4 rings (SSSR count). The van der Waals surface area contributed by atoms with E-state index >= 15 is 0 Å². The van der Waals surface area contributed by atoms with E-state index in [0.29, 0.717) is 18.5 Å². The zero-order valence-electron chi connectivity index (χ0n) is 15.7. The smallest absolute Gasteiger partial charge is 0.255 e. The minimum absolute atomic E-state index is 0.0626. The first-order valence-electron chi connectivity index (χ1n) is 9.50. The molecule has 0 spiro atoms. The van der Waals surface area contributed by atoms with Crippen molar-refractivity contribution in [1.82, 2.24) is 15.5 Å². The molecule has 7 nitrogen and oxygen atoms in total. The van der Waals surface area contributed by atoms with Gasteiger partial charge < -0.3 is 15.0 Å². The third-order valence-electron chi connectivity index (χ3n) is 5.92. The number of amides is 3. The van der Waals surface area contributed by atoms with Gasteiger partial charge in [0.25, 0.3) is 5.91 Å². The van der Waals surface area contributed by atoms with E-state index < -0.39 is 6.04 Å². The lowest BCUT2D eigenvalue weighted by Crippen LogP contribution is -2.52. The van der Waals surface area contributed by atoms with Crippen LogP contribution in [0, 0.1) is 5.41 Å².